The van der Waals surface area contributed by atoms with Gasteiger partial charge in [0.15, 0.2) is 29.6 Å². The van der Waals surface area contributed by atoms with Gasteiger partial charge in [-0.15, -0.1) is 0 Å². The Morgan fingerprint density at radius 3 is 2.16 bits per heavy atom. The van der Waals surface area contributed by atoms with Crippen LogP contribution in [0.4, 0.5) is 22.0 Å². The van der Waals surface area contributed by atoms with Crippen LogP contribution in [0.1, 0.15) is 21.5 Å². The van der Waals surface area contributed by atoms with Crippen molar-refractivity contribution in [1.29, 1.82) is 0 Å². The van der Waals surface area contributed by atoms with E-state index in [0.29, 0.717) is 17.1 Å². The molecule has 38 heavy (non-hydrogen) atoms. The average Bonchev–Trinajstić information content (AvgIpc) is 3.23. The average molecular weight is 536 g/mol. The van der Waals surface area contributed by atoms with E-state index in [4.69, 9.17) is 18.9 Å². The minimum absolute atomic E-state index is 0.0484. The van der Waals surface area contributed by atoms with Gasteiger partial charge in [0.2, 0.25) is 34.9 Å². The Balaban J connectivity index is 1.53. The summed E-state index contributed by atoms with van der Waals surface area (Å²) in [5.74, 6) is -13.8. The lowest BCUT2D eigenvalue weighted by atomic mass is 10.1. The number of ether oxygens (including phenoxy) is 5. The number of fused-ring (bicyclic) bond motifs is 1. The molecule has 0 fully saturated rings. The predicted molar refractivity (Wildman–Crippen MR) is 121 cm³/mol. The standard InChI is InChI=1S/C26H17F5O7/c1-11-14(37-17(32)10-36-26-21(30)19(28)18(27)20(29)22(26)31)8-7-13-23(33)16(38-24(11)13)9-12-5-4-6-15(34-2)25(12)35-3/h4-9H,10H2,1-3H3/b16-9-. The smallest absolute Gasteiger partial charge is 0.349 e. The van der Waals surface area contributed by atoms with Crippen LogP contribution in [0.15, 0.2) is 36.1 Å². The highest BCUT2D eigenvalue weighted by atomic mass is 19.2. The lowest BCUT2D eigenvalue weighted by Gasteiger charge is -2.12. The Morgan fingerprint density at radius 2 is 1.53 bits per heavy atom. The summed E-state index contributed by atoms with van der Waals surface area (Å²) >= 11 is 0. The number of carbonyl (C=O) groups is 2. The number of para-hydroxylation sites is 1. The van der Waals surface area contributed by atoms with Crippen molar-refractivity contribution in [2.45, 2.75) is 6.92 Å². The maximum absolute atomic E-state index is 13.7. The molecule has 0 unspecified atom stereocenters. The van der Waals surface area contributed by atoms with Crippen molar-refractivity contribution in [3.63, 3.8) is 0 Å². The Labute approximate surface area is 211 Å². The summed E-state index contributed by atoms with van der Waals surface area (Å²) in [7, 11) is 2.90. The Hall–Kier alpha value is -4.61. The fraction of sp³-hybridized carbons (Fsp3) is 0.154. The van der Waals surface area contributed by atoms with Gasteiger partial charge in [-0.1, -0.05) is 12.1 Å². The summed E-state index contributed by atoms with van der Waals surface area (Å²) < 4.78 is 93.2. The zero-order chi connectivity index (χ0) is 27.7. The molecule has 7 nitrogen and oxygen atoms in total. The summed E-state index contributed by atoms with van der Waals surface area (Å²) in [5.41, 5.74) is 0.895. The highest BCUT2D eigenvalue weighted by Gasteiger charge is 2.32. The second-order valence-corrected chi connectivity index (χ2v) is 7.75. The van der Waals surface area contributed by atoms with E-state index in [-0.39, 0.29) is 28.4 Å². The Kier molecular flexibility index (Phi) is 7.24. The van der Waals surface area contributed by atoms with Gasteiger partial charge >= 0.3 is 5.97 Å². The molecule has 0 aromatic heterocycles. The largest absolute Gasteiger partial charge is 0.493 e. The van der Waals surface area contributed by atoms with E-state index in [0.717, 1.165) is 0 Å². The molecule has 0 N–H and O–H groups in total. The van der Waals surface area contributed by atoms with Gasteiger partial charge in [-0.25, -0.2) is 18.0 Å². The monoisotopic (exact) mass is 536 g/mol. The summed E-state index contributed by atoms with van der Waals surface area (Å²) in [6, 6.07) is 7.66. The van der Waals surface area contributed by atoms with E-state index < -0.39 is 53.2 Å². The van der Waals surface area contributed by atoms with Gasteiger partial charge in [-0.05, 0) is 31.2 Å². The third-order valence-electron chi connectivity index (χ3n) is 5.48. The number of allylic oxidation sites excluding steroid dienone is 1. The van der Waals surface area contributed by atoms with Crippen molar-refractivity contribution in [1.82, 2.24) is 0 Å². The molecule has 0 bridgehead atoms. The molecule has 3 aromatic carbocycles. The quantitative estimate of drug-likeness (QED) is 0.101. The molecule has 0 amide bonds. The van der Waals surface area contributed by atoms with Crippen LogP contribution in [0.25, 0.3) is 6.08 Å². The van der Waals surface area contributed by atoms with Gasteiger partial charge in [0.25, 0.3) is 0 Å². The first-order valence-electron chi connectivity index (χ1n) is 10.7. The molecule has 0 radical (unpaired) electrons. The van der Waals surface area contributed by atoms with Crippen molar-refractivity contribution >= 4 is 17.8 Å². The zero-order valence-corrected chi connectivity index (χ0v) is 19.9. The molecule has 4 rings (SSSR count). The molecule has 3 aromatic rings. The highest BCUT2D eigenvalue weighted by molar-refractivity contribution is 6.15. The Morgan fingerprint density at radius 1 is 0.868 bits per heavy atom. The molecule has 1 aliphatic heterocycles. The number of carbonyl (C=O) groups excluding carboxylic acids is 2. The number of halogens is 5. The van der Waals surface area contributed by atoms with Crippen molar-refractivity contribution < 1.29 is 55.2 Å². The first kappa shape index (κ1) is 26.5. The fourth-order valence-corrected chi connectivity index (χ4v) is 3.64. The number of ketones is 1. The SMILES string of the molecule is COc1cccc(/C=C2\Oc3c(ccc(OC(=O)COc4c(F)c(F)c(F)c(F)c4F)c3C)C2=O)c1OC. The molecular weight excluding hydrogens is 519 g/mol. The van der Waals surface area contributed by atoms with Crippen LogP contribution in [0.2, 0.25) is 0 Å². The summed E-state index contributed by atoms with van der Waals surface area (Å²) in [6.07, 6.45) is 1.45. The molecule has 0 saturated carbocycles. The third-order valence-corrected chi connectivity index (χ3v) is 5.48. The van der Waals surface area contributed by atoms with Crippen molar-refractivity contribution in [2.75, 3.05) is 20.8 Å². The van der Waals surface area contributed by atoms with Gasteiger partial charge in [-0.2, -0.15) is 8.78 Å². The number of rotatable bonds is 7. The molecule has 0 spiro atoms. The van der Waals surface area contributed by atoms with Crippen molar-refractivity contribution in [2.24, 2.45) is 0 Å². The first-order valence-corrected chi connectivity index (χ1v) is 10.7. The fourth-order valence-electron chi connectivity index (χ4n) is 3.64. The maximum atomic E-state index is 13.7. The summed E-state index contributed by atoms with van der Waals surface area (Å²) in [6.45, 7) is 0.296. The molecular formula is C26H17F5O7. The molecule has 1 aliphatic rings. The molecule has 12 heteroatoms. The van der Waals surface area contributed by atoms with Crippen molar-refractivity contribution in [3.05, 3.63) is 81.9 Å². The van der Waals surface area contributed by atoms with E-state index in [1.54, 1.807) is 18.2 Å². The van der Waals surface area contributed by atoms with Crippen LogP contribution in [0.3, 0.4) is 0 Å². The number of benzene rings is 3. The maximum Gasteiger partial charge on any atom is 0.349 e. The number of esters is 1. The van der Waals surface area contributed by atoms with E-state index in [9.17, 15) is 31.5 Å². The van der Waals surface area contributed by atoms with Crippen LogP contribution in [-0.4, -0.2) is 32.6 Å². The Bertz CT molecular complexity index is 1470. The molecule has 0 atom stereocenters. The molecule has 0 aliphatic carbocycles. The minimum Gasteiger partial charge on any atom is -0.493 e. The van der Waals surface area contributed by atoms with Gasteiger partial charge in [-0.3, -0.25) is 4.79 Å². The van der Waals surface area contributed by atoms with E-state index in [1.807, 2.05) is 0 Å². The minimum atomic E-state index is -2.36. The normalized spacial score (nSPS) is 13.3. The van der Waals surface area contributed by atoms with E-state index >= 15 is 0 Å². The van der Waals surface area contributed by atoms with Gasteiger partial charge in [0, 0.05) is 11.1 Å². The number of Topliss-reactive ketones (excluding diaryl/α,β-unsaturated/α-hetero) is 1. The molecule has 198 valence electrons. The van der Waals surface area contributed by atoms with Crippen LogP contribution >= 0.6 is 0 Å². The summed E-state index contributed by atoms with van der Waals surface area (Å²) in [4.78, 5) is 25.1. The van der Waals surface area contributed by atoms with Crippen LogP contribution in [0.5, 0.6) is 28.7 Å². The highest BCUT2D eigenvalue weighted by Crippen LogP contribution is 2.41. The lowest BCUT2D eigenvalue weighted by molar-refractivity contribution is -0.136. The number of hydrogen-bond acceptors (Lipinski definition) is 7. The van der Waals surface area contributed by atoms with E-state index in [1.165, 1.54) is 39.4 Å². The van der Waals surface area contributed by atoms with E-state index in [2.05, 4.69) is 4.74 Å². The summed E-state index contributed by atoms with van der Waals surface area (Å²) in [5, 5.41) is 0. The van der Waals surface area contributed by atoms with Crippen LogP contribution in [0, 0.1) is 36.0 Å². The third kappa shape index (κ3) is 4.60. The number of methoxy groups -OCH3 is 2. The number of hydrogen-bond donors (Lipinski definition) is 0. The molecule has 1 heterocycles. The first-order chi connectivity index (χ1) is 18.1. The lowest BCUT2D eigenvalue weighted by Crippen LogP contribution is -2.20. The second kappa shape index (κ2) is 10.4. The van der Waals surface area contributed by atoms with Gasteiger partial charge in [0.1, 0.15) is 11.5 Å². The topological polar surface area (TPSA) is 80.3 Å². The zero-order valence-electron chi connectivity index (χ0n) is 19.9. The van der Waals surface area contributed by atoms with Crippen LogP contribution < -0.4 is 23.7 Å². The van der Waals surface area contributed by atoms with Crippen molar-refractivity contribution in [3.8, 4) is 28.7 Å². The van der Waals surface area contributed by atoms with Gasteiger partial charge < -0.3 is 23.7 Å². The molecule has 0 saturated heterocycles. The van der Waals surface area contributed by atoms with Crippen LogP contribution in [-0.2, 0) is 4.79 Å². The second-order valence-electron chi connectivity index (χ2n) is 7.75. The predicted octanol–water partition coefficient (Wildman–Crippen LogP) is 5.31. The van der Waals surface area contributed by atoms with Gasteiger partial charge in [0.05, 0.1) is 19.8 Å².